The first-order chi connectivity index (χ1) is 12.9. The van der Waals surface area contributed by atoms with Crippen LogP contribution in [-0.4, -0.2) is 37.1 Å². The number of ether oxygens (including phenoxy) is 2. The SMILES string of the molecule is CC(=O)Nc1ccc(OCC2CN(c3ccc(C(=N)N)cc3)C(=O)O2)cc1. The molecule has 1 aliphatic heterocycles. The van der Waals surface area contributed by atoms with Gasteiger partial charge < -0.3 is 20.5 Å². The summed E-state index contributed by atoms with van der Waals surface area (Å²) in [6.45, 7) is 2.02. The molecule has 0 bridgehead atoms. The van der Waals surface area contributed by atoms with Gasteiger partial charge in [0.1, 0.15) is 18.2 Å². The van der Waals surface area contributed by atoms with Crippen molar-refractivity contribution in [2.75, 3.05) is 23.4 Å². The van der Waals surface area contributed by atoms with Gasteiger partial charge in [0, 0.05) is 23.9 Å². The number of carbonyl (C=O) groups excluding carboxylic acids is 2. The van der Waals surface area contributed by atoms with Crippen molar-refractivity contribution >= 4 is 29.2 Å². The number of benzene rings is 2. The molecule has 2 amide bonds. The highest BCUT2D eigenvalue weighted by molar-refractivity contribution is 5.96. The zero-order chi connectivity index (χ0) is 19.4. The summed E-state index contributed by atoms with van der Waals surface area (Å²) in [7, 11) is 0. The molecule has 3 rings (SSSR count). The summed E-state index contributed by atoms with van der Waals surface area (Å²) >= 11 is 0. The van der Waals surface area contributed by atoms with Crippen LogP contribution in [0.25, 0.3) is 0 Å². The Morgan fingerprint density at radius 1 is 1.26 bits per heavy atom. The number of nitrogens with one attached hydrogen (secondary N) is 2. The number of anilines is 2. The van der Waals surface area contributed by atoms with E-state index in [1.54, 1.807) is 48.5 Å². The molecule has 4 N–H and O–H groups in total. The lowest BCUT2D eigenvalue weighted by Gasteiger charge is -2.14. The Balaban J connectivity index is 1.56. The van der Waals surface area contributed by atoms with Gasteiger partial charge in [-0.05, 0) is 48.5 Å². The van der Waals surface area contributed by atoms with Crippen molar-refractivity contribution in [1.82, 2.24) is 0 Å². The van der Waals surface area contributed by atoms with E-state index in [0.717, 1.165) is 0 Å². The quantitative estimate of drug-likeness (QED) is 0.534. The molecule has 1 saturated heterocycles. The fraction of sp³-hybridized carbons (Fsp3) is 0.211. The van der Waals surface area contributed by atoms with Crippen molar-refractivity contribution in [2.45, 2.75) is 13.0 Å². The van der Waals surface area contributed by atoms with Crippen LogP contribution in [-0.2, 0) is 9.53 Å². The fourth-order valence-electron chi connectivity index (χ4n) is 2.67. The Morgan fingerprint density at radius 2 is 1.93 bits per heavy atom. The number of hydrogen-bond donors (Lipinski definition) is 3. The molecule has 0 spiro atoms. The Kier molecular flexibility index (Phi) is 5.25. The number of nitrogens with two attached hydrogens (primary N) is 1. The maximum atomic E-state index is 12.1. The average molecular weight is 368 g/mol. The summed E-state index contributed by atoms with van der Waals surface area (Å²) in [6.07, 6.45) is -0.847. The third-order valence-electron chi connectivity index (χ3n) is 3.97. The van der Waals surface area contributed by atoms with Gasteiger partial charge in [-0.15, -0.1) is 0 Å². The molecule has 0 radical (unpaired) electrons. The van der Waals surface area contributed by atoms with E-state index in [1.807, 2.05) is 0 Å². The molecule has 1 unspecified atom stereocenters. The monoisotopic (exact) mass is 368 g/mol. The van der Waals surface area contributed by atoms with E-state index in [-0.39, 0.29) is 18.3 Å². The summed E-state index contributed by atoms with van der Waals surface area (Å²) in [5.74, 6) is 0.448. The lowest BCUT2D eigenvalue weighted by Crippen LogP contribution is -2.26. The van der Waals surface area contributed by atoms with Crippen LogP contribution in [0.5, 0.6) is 5.75 Å². The van der Waals surface area contributed by atoms with Gasteiger partial charge in [-0.3, -0.25) is 15.1 Å². The number of rotatable bonds is 6. The molecular weight excluding hydrogens is 348 g/mol. The van der Waals surface area contributed by atoms with E-state index < -0.39 is 12.2 Å². The number of nitrogens with zero attached hydrogens (tertiary/aromatic N) is 1. The third-order valence-corrected chi connectivity index (χ3v) is 3.97. The standard InChI is InChI=1S/C19H20N4O4/c1-12(24)22-14-4-8-16(9-5-14)26-11-17-10-23(19(25)27-17)15-6-2-13(3-7-15)18(20)21/h2-9,17H,10-11H2,1H3,(H3,20,21)(H,22,24). The number of amides is 2. The van der Waals surface area contributed by atoms with Gasteiger partial charge >= 0.3 is 6.09 Å². The predicted molar refractivity (Wildman–Crippen MR) is 101 cm³/mol. The predicted octanol–water partition coefficient (Wildman–Crippen LogP) is 2.33. The summed E-state index contributed by atoms with van der Waals surface area (Å²) in [5, 5.41) is 10.1. The molecule has 1 fully saturated rings. The smallest absolute Gasteiger partial charge is 0.414 e. The van der Waals surface area contributed by atoms with Crippen LogP contribution >= 0.6 is 0 Å². The van der Waals surface area contributed by atoms with Gasteiger partial charge in [-0.25, -0.2) is 4.79 Å². The van der Waals surface area contributed by atoms with Crippen molar-refractivity contribution < 1.29 is 19.1 Å². The van der Waals surface area contributed by atoms with Gasteiger partial charge in [0.2, 0.25) is 5.91 Å². The molecule has 0 aromatic heterocycles. The largest absolute Gasteiger partial charge is 0.490 e. The van der Waals surface area contributed by atoms with Gasteiger partial charge in [0.05, 0.1) is 6.54 Å². The molecule has 8 nitrogen and oxygen atoms in total. The molecule has 1 atom stereocenters. The zero-order valence-electron chi connectivity index (χ0n) is 14.8. The number of carbonyl (C=O) groups is 2. The van der Waals surface area contributed by atoms with Crippen molar-refractivity contribution in [3.63, 3.8) is 0 Å². The van der Waals surface area contributed by atoms with E-state index in [9.17, 15) is 9.59 Å². The number of amidine groups is 1. The molecule has 1 aliphatic rings. The highest BCUT2D eigenvalue weighted by atomic mass is 16.6. The highest BCUT2D eigenvalue weighted by Crippen LogP contribution is 2.23. The second-order valence-corrected chi connectivity index (χ2v) is 6.09. The zero-order valence-corrected chi connectivity index (χ0v) is 14.8. The average Bonchev–Trinajstić information content (AvgIpc) is 3.01. The molecule has 8 heteroatoms. The number of nitrogen functional groups attached to an aromatic ring is 1. The number of hydrogen-bond acceptors (Lipinski definition) is 5. The molecule has 0 saturated carbocycles. The van der Waals surface area contributed by atoms with Crippen LogP contribution in [0.1, 0.15) is 12.5 Å². The summed E-state index contributed by atoms with van der Waals surface area (Å²) in [6, 6.07) is 13.8. The summed E-state index contributed by atoms with van der Waals surface area (Å²) in [5.41, 5.74) is 7.38. The molecule has 27 heavy (non-hydrogen) atoms. The Bertz CT molecular complexity index is 849. The highest BCUT2D eigenvalue weighted by Gasteiger charge is 2.32. The normalized spacial score (nSPS) is 16.0. The van der Waals surface area contributed by atoms with E-state index >= 15 is 0 Å². The minimum Gasteiger partial charge on any atom is -0.490 e. The van der Waals surface area contributed by atoms with Gasteiger partial charge in [-0.2, -0.15) is 0 Å². The van der Waals surface area contributed by atoms with E-state index in [1.165, 1.54) is 11.8 Å². The van der Waals surface area contributed by atoms with E-state index in [2.05, 4.69) is 5.32 Å². The number of cyclic esters (lactones) is 1. The van der Waals surface area contributed by atoms with Crippen LogP contribution in [0.4, 0.5) is 16.2 Å². The molecular formula is C19H20N4O4. The molecule has 2 aromatic carbocycles. The minimum atomic E-state index is -0.444. The van der Waals surface area contributed by atoms with Crippen LogP contribution < -0.4 is 20.7 Å². The lowest BCUT2D eigenvalue weighted by molar-refractivity contribution is -0.114. The second-order valence-electron chi connectivity index (χ2n) is 6.09. The van der Waals surface area contributed by atoms with Crippen LogP contribution in [0.2, 0.25) is 0 Å². The van der Waals surface area contributed by atoms with Crippen LogP contribution in [0, 0.1) is 5.41 Å². The van der Waals surface area contributed by atoms with Gasteiger partial charge in [0.15, 0.2) is 6.10 Å². The lowest BCUT2D eigenvalue weighted by atomic mass is 10.2. The topological polar surface area (TPSA) is 118 Å². The van der Waals surface area contributed by atoms with Crippen molar-refractivity contribution in [2.24, 2.45) is 5.73 Å². The molecule has 1 heterocycles. The molecule has 0 aliphatic carbocycles. The van der Waals surface area contributed by atoms with Crippen molar-refractivity contribution in [3.8, 4) is 5.75 Å². The maximum Gasteiger partial charge on any atom is 0.414 e. The third kappa shape index (κ3) is 4.55. The first-order valence-corrected chi connectivity index (χ1v) is 8.35. The Labute approximate surface area is 156 Å². The minimum absolute atomic E-state index is 0.0265. The van der Waals surface area contributed by atoms with Gasteiger partial charge in [0.25, 0.3) is 0 Å². The molecule has 2 aromatic rings. The second kappa shape index (κ2) is 7.77. The Morgan fingerprint density at radius 3 is 2.52 bits per heavy atom. The van der Waals surface area contributed by atoms with Crippen LogP contribution in [0.15, 0.2) is 48.5 Å². The van der Waals surface area contributed by atoms with Gasteiger partial charge in [-0.1, -0.05) is 0 Å². The van der Waals surface area contributed by atoms with E-state index in [4.69, 9.17) is 20.6 Å². The van der Waals surface area contributed by atoms with Crippen LogP contribution in [0.3, 0.4) is 0 Å². The Hall–Kier alpha value is -3.55. The maximum absolute atomic E-state index is 12.1. The van der Waals surface area contributed by atoms with Crippen molar-refractivity contribution in [1.29, 1.82) is 5.41 Å². The first kappa shape index (κ1) is 18.2. The summed E-state index contributed by atoms with van der Waals surface area (Å²) in [4.78, 5) is 24.6. The first-order valence-electron chi connectivity index (χ1n) is 8.35. The van der Waals surface area contributed by atoms with Crippen molar-refractivity contribution in [3.05, 3.63) is 54.1 Å². The molecule has 140 valence electrons. The van der Waals surface area contributed by atoms with E-state index in [0.29, 0.717) is 29.2 Å². The summed E-state index contributed by atoms with van der Waals surface area (Å²) < 4.78 is 11.0. The fourth-order valence-corrected chi connectivity index (χ4v) is 2.67.